The average Bonchev–Trinajstić information content (AvgIpc) is 2.43. The van der Waals surface area contributed by atoms with Gasteiger partial charge >= 0.3 is 0 Å². The van der Waals surface area contributed by atoms with Crippen LogP contribution in [0.5, 0.6) is 0 Å². The minimum Gasteiger partial charge on any atom is -0.369 e. The van der Waals surface area contributed by atoms with Gasteiger partial charge in [-0.05, 0) is 12.1 Å². The van der Waals surface area contributed by atoms with E-state index in [2.05, 4.69) is 9.97 Å². The van der Waals surface area contributed by atoms with E-state index in [0.29, 0.717) is 11.1 Å². The lowest BCUT2D eigenvalue weighted by Gasteiger charge is -2.02. The van der Waals surface area contributed by atoms with Gasteiger partial charge in [0.1, 0.15) is 0 Å². The summed E-state index contributed by atoms with van der Waals surface area (Å²) in [7, 11) is 1.82. The zero-order chi connectivity index (χ0) is 10.1. The van der Waals surface area contributed by atoms with Crippen LogP contribution in [0.1, 0.15) is 0 Å². The summed E-state index contributed by atoms with van der Waals surface area (Å²) in [5.41, 5.74) is 7.32. The second kappa shape index (κ2) is 3.31. The Bertz CT molecular complexity index is 449. The summed E-state index contributed by atoms with van der Waals surface area (Å²) in [6.45, 7) is 0. The van der Waals surface area contributed by atoms with E-state index in [1.807, 2.05) is 19.2 Å². The van der Waals surface area contributed by atoms with E-state index in [0.717, 1.165) is 11.3 Å². The first-order valence-corrected chi connectivity index (χ1v) is 4.46. The molecule has 4 nitrogen and oxygen atoms in total. The number of imidazole rings is 1. The molecule has 14 heavy (non-hydrogen) atoms. The molecule has 0 unspecified atom stereocenters. The van der Waals surface area contributed by atoms with Gasteiger partial charge in [0.15, 0.2) is 5.15 Å². The number of hydrogen-bond acceptors (Lipinski definition) is 3. The van der Waals surface area contributed by atoms with Gasteiger partial charge < -0.3 is 10.3 Å². The molecule has 0 saturated carbocycles. The Balaban J connectivity index is 2.62. The minimum absolute atomic E-state index is 0.397. The van der Waals surface area contributed by atoms with Crippen molar-refractivity contribution in [3.05, 3.63) is 29.7 Å². The van der Waals surface area contributed by atoms with E-state index in [-0.39, 0.29) is 0 Å². The molecule has 0 amide bonds. The zero-order valence-corrected chi connectivity index (χ0v) is 8.36. The summed E-state index contributed by atoms with van der Waals surface area (Å²) >= 11 is 5.95. The number of nitrogen functional groups attached to an aromatic ring is 1. The monoisotopic (exact) mass is 208 g/mol. The van der Waals surface area contributed by atoms with E-state index in [1.54, 1.807) is 17.0 Å². The van der Waals surface area contributed by atoms with E-state index in [4.69, 9.17) is 17.3 Å². The Morgan fingerprint density at radius 2 is 2.29 bits per heavy atom. The molecule has 2 aromatic rings. The molecule has 0 spiro atoms. The number of aromatic nitrogens is 3. The number of anilines is 1. The first kappa shape index (κ1) is 9.02. The van der Waals surface area contributed by atoms with Crippen molar-refractivity contribution in [1.82, 2.24) is 14.5 Å². The van der Waals surface area contributed by atoms with Crippen LogP contribution < -0.4 is 5.73 Å². The maximum absolute atomic E-state index is 5.95. The number of nitrogens with two attached hydrogens (primary N) is 1. The van der Waals surface area contributed by atoms with E-state index in [1.165, 1.54) is 0 Å². The topological polar surface area (TPSA) is 56.7 Å². The van der Waals surface area contributed by atoms with Gasteiger partial charge in [-0.25, -0.2) is 4.98 Å². The van der Waals surface area contributed by atoms with Crippen LogP contribution in [0.2, 0.25) is 5.15 Å². The number of nitrogens with zero attached hydrogens (tertiary/aromatic N) is 3. The molecule has 2 rings (SSSR count). The van der Waals surface area contributed by atoms with Gasteiger partial charge in [-0.1, -0.05) is 11.6 Å². The van der Waals surface area contributed by atoms with Crippen LogP contribution >= 0.6 is 11.6 Å². The molecule has 0 aliphatic heterocycles. The van der Waals surface area contributed by atoms with Crippen LogP contribution in [0.15, 0.2) is 24.5 Å². The van der Waals surface area contributed by atoms with Crippen LogP contribution in [0, 0.1) is 0 Å². The lowest BCUT2D eigenvalue weighted by molar-refractivity contribution is 0.937. The fourth-order valence-electron chi connectivity index (χ4n) is 1.30. The molecule has 0 fully saturated rings. The third kappa shape index (κ3) is 1.33. The Kier molecular flexibility index (Phi) is 2.13. The molecule has 72 valence electrons. The van der Waals surface area contributed by atoms with Crippen molar-refractivity contribution in [3.8, 4) is 11.3 Å². The van der Waals surface area contributed by atoms with Gasteiger partial charge in [-0.2, -0.15) is 0 Å². The van der Waals surface area contributed by atoms with Gasteiger partial charge in [0.25, 0.3) is 0 Å². The smallest absolute Gasteiger partial charge is 0.201 e. The summed E-state index contributed by atoms with van der Waals surface area (Å²) in [5, 5.41) is 0.401. The van der Waals surface area contributed by atoms with E-state index < -0.39 is 0 Å². The maximum atomic E-state index is 5.95. The van der Waals surface area contributed by atoms with Crippen molar-refractivity contribution in [2.45, 2.75) is 0 Å². The molecule has 0 atom stereocenters. The predicted octanol–water partition coefficient (Wildman–Crippen LogP) is 1.72. The van der Waals surface area contributed by atoms with Gasteiger partial charge in [0, 0.05) is 25.0 Å². The first-order valence-electron chi connectivity index (χ1n) is 4.08. The average molecular weight is 209 g/mol. The molecule has 2 aromatic heterocycles. The highest BCUT2D eigenvalue weighted by Crippen LogP contribution is 2.27. The summed E-state index contributed by atoms with van der Waals surface area (Å²) < 4.78 is 1.74. The van der Waals surface area contributed by atoms with Crippen molar-refractivity contribution in [2.24, 2.45) is 7.05 Å². The minimum atomic E-state index is 0.397. The second-order valence-corrected chi connectivity index (χ2v) is 3.27. The summed E-state index contributed by atoms with van der Waals surface area (Å²) in [5.74, 6) is 0.397. The molecule has 0 aliphatic rings. The van der Waals surface area contributed by atoms with Crippen molar-refractivity contribution < 1.29 is 0 Å². The van der Waals surface area contributed by atoms with Crippen LogP contribution in [0.3, 0.4) is 0 Å². The molecular formula is C9H9ClN4. The Morgan fingerprint density at radius 1 is 1.50 bits per heavy atom. The standard InChI is InChI=1S/C9H9ClN4/c1-14-7(8(10)13-9(14)11)6-3-2-4-12-5-6/h2-5H,1H3,(H2,11,13). The molecule has 0 radical (unpaired) electrons. The van der Waals surface area contributed by atoms with Crippen LogP contribution in [0.4, 0.5) is 5.95 Å². The fraction of sp³-hybridized carbons (Fsp3) is 0.111. The highest BCUT2D eigenvalue weighted by atomic mass is 35.5. The SMILES string of the molecule is Cn1c(N)nc(Cl)c1-c1cccnc1. The molecule has 0 aliphatic carbocycles. The number of hydrogen-bond donors (Lipinski definition) is 1. The predicted molar refractivity (Wildman–Crippen MR) is 55.9 cm³/mol. The van der Waals surface area contributed by atoms with Crippen molar-refractivity contribution in [3.63, 3.8) is 0 Å². The van der Waals surface area contributed by atoms with Crippen LogP contribution in [0.25, 0.3) is 11.3 Å². The summed E-state index contributed by atoms with van der Waals surface area (Å²) in [4.78, 5) is 7.98. The number of pyridine rings is 1. The normalized spacial score (nSPS) is 10.4. The zero-order valence-electron chi connectivity index (χ0n) is 7.61. The maximum Gasteiger partial charge on any atom is 0.201 e. The van der Waals surface area contributed by atoms with Gasteiger partial charge in [0.2, 0.25) is 5.95 Å². The second-order valence-electron chi connectivity index (χ2n) is 2.91. The lowest BCUT2D eigenvalue weighted by Crippen LogP contribution is -1.98. The third-order valence-corrected chi connectivity index (χ3v) is 2.29. The third-order valence-electron chi connectivity index (χ3n) is 2.02. The van der Waals surface area contributed by atoms with Crippen LogP contribution in [-0.2, 0) is 7.05 Å². The van der Waals surface area contributed by atoms with Gasteiger partial charge in [0.05, 0.1) is 5.69 Å². The van der Waals surface area contributed by atoms with E-state index in [9.17, 15) is 0 Å². The van der Waals surface area contributed by atoms with Crippen molar-refractivity contribution in [1.29, 1.82) is 0 Å². The molecule has 0 aromatic carbocycles. The molecule has 5 heteroatoms. The van der Waals surface area contributed by atoms with Crippen LogP contribution in [-0.4, -0.2) is 14.5 Å². The summed E-state index contributed by atoms with van der Waals surface area (Å²) in [6.07, 6.45) is 3.43. The molecule has 2 N–H and O–H groups in total. The largest absolute Gasteiger partial charge is 0.369 e. The number of halogens is 1. The Morgan fingerprint density at radius 3 is 2.79 bits per heavy atom. The lowest BCUT2D eigenvalue weighted by atomic mass is 10.2. The quantitative estimate of drug-likeness (QED) is 0.777. The highest BCUT2D eigenvalue weighted by Gasteiger charge is 2.12. The van der Waals surface area contributed by atoms with Gasteiger partial charge in [-0.3, -0.25) is 4.98 Å². The molecular weight excluding hydrogens is 200 g/mol. The Hall–Kier alpha value is -1.55. The fourth-order valence-corrected chi connectivity index (χ4v) is 1.62. The molecule has 0 bridgehead atoms. The van der Waals surface area contributed by atoms with Crippen molar-refractivity contribution >= 4 is 17.5 Å². The van der Waals surface area contributed by atoms with Crippen molar-refractivity contribution in [2.75, 3.05) is 5.73 Å². The number of rotatable bonds is 1. The summed E-state index contributed by atoms with van der Waals surface area (Å²) in [6, 6.07) is 3.75. The highest BCUT2D eigenvalue weighted by molar-refractivity contribution is 6.32. The molecule has 0 saturated heterocycles. The van der Waals surface area contributed by atoms with Gasteiger partial charge in [-0.15, -0.1) is 0 Å². The first-order chi connectivity index (χ1) is 6.70. The Labute approximate surface area is 86.4 Å². The molecule has 2 heterocycles. The van der Waals surface area contributed by atoms with E-state index >= 15 is 0 Å².